The van der Waals surface area contributed by atoms with Gasteiger partial charge in [0, 0.05) is 5.92 Å². The predicted molar refractivity (Wildman–Crippen MR) is 170 cm³/mol. The third-order valence-electron chi connectivity index (χ3n) is 14.4. The summed E-state index contributed by atoms with van der Waals surface area (Å²) in [5.74, 6) is -4.96. The average Bonchev–Trinajstić information content (AvgIpc) is 2.92. The zero-order chi connectivity index (χ0) is 35.8. The summed E-state index contributed by atoms with van der Waals surface area (Å²) < 4.78 is 0. The van der Waals surface area contributed by atoms with Crippen LogP contribution < -0.4 is 0 Å². The highest BCUT2D eigenvalue weighted by molar-refractivity contribution is 5.95. The molecule has 11 heteroatoms. The fraction of sp³-hybridized carbons (Fsp3) is 0.806. The molecule has 0 aromatic heterocycles. The lowest BCUT2D eigenvalue weighted by Crippen LogP contribution is -2.66. The smallest absolute Gasteiger partial charge is 0.336 e. The number of carboxylic acid groups (broad SMARTS) is 4. The molecule has 5 aliphatic carbocycles. The first-order valence-corrected chi connectivity index (χ1v) is 16.9. The summed E-state index contributed by atoms with van der Waals surface area (Å²) >= 11 is 0. The molecular weight excluding hydrogens is 608 g/mol. The Kier molecular flexibility index (Phi) is 9.20. The predicted octanol–water partition coefficient (Wildman–Crippen LogP) is 5.16. The molecule has 0 saturated heterocycles. The second-order valence-corrected chi connectivity index (χ2v) is 17.4. The van der Waals surface area contributed by atoms with Gasteiger partial charge < -0.3 is 30.6 Å². The van der Waals surface area contributed by atoms with Crippen LogP contribution in [0.4, 0.5) is 0 Å². The van der Waals surface area contributed by atoms with E-state index in [0.717, 1.165) is 51.4 Å². The quantitative estimate of drug-likeness (QED) is 0.219. The molecule has 9 atom stereocenters. The van der Waals surface area contributed by atoms with Crippen molar-refractivity contribution < 1.29 is 54.6 Å². The number of carbonyl (C=O) groups excluding carboxylic acids is 1. The molecule has 47 heavy (non-hydrogen) atoms. The molecule has 6 N–H and O–H groups in total. The van der Waals surface area contributed by atoms with Crippen LogP contribution >= 0.6 is 0 Å². The maximum atomic E-state index is 14.2. The molecule has 5 aliphatic rings. The number of ketones is 1. The minimum atomic E-state index is -2.74. The van der Waals surface area contributed by atoms with Gasteiger partial charge in [-0.2, -0.15) is 0 Å². The second kappa shape index (κ2) is 11.7. The first-order valence-electron chi connectivity index (χ1n) is 16.9. The first-order chi connectivity index (χ1) is 21.3. The molecule has 0 heterocycles. The van der Waals surface area contributed by atoms with Crippen LogP contribution in [-0.4, -0.2) is 72.0 Å². The molecule has 0 radical (unpaired) electrons. The molecule has 0 aliphatic heterocycles. The topological polar surface area (TPSA) is 207 Å². The highest BCUT2D eigenvalue weighted by Gasteiger charge is 2.70. The minimum absolute atomic E-state index is 0.0296. The van der Waals surface area contributed by atoms with Gasteiger partial charge in [0.2, 0.25) is 0 Å². The summed E-state index contributed by atoms with van der Waals surface area (Å²) in [6.45, 7) is 15.8. The van der Waals surface area contributed by atoms with E-state index < -0.39 is 47.7 Å². The van der Waals surface area contributed by atoms with Gasteiger partial charge in [-0.25, -0.2) is 4.79 Å². The van der Waals surface area contributed by atoms with Gasteiger partial charge in [0.15, 0.2) is 11.4 Å². The number of aliphatic hydroxyl groups excluding tert-OH is 1. The van der Waals surface area contributed by atoms with E-state index in [1.807, 2.05) is 13.0 Å². The Balaban J connectivity index is 0.000000328. The van der Waals surface area contributed by atoms with Crippen LogP contribution in [0.25, 0.3) is 0 Å². The highest BCUT2D eigenvalue weighted by Crippen LogP contribution is 2.75. The molecule has 5 rings (SSSR count). The lowest BCUT2D eigenvalue weighted by molar-refractivity contribution is -0.202. The summed E-state index contributed by atoms with van der Waals surface area (Å²) in [6.07, 6.45) is 7.66. The zero-order valence-electron chi connectivity index (χ0n) is 28.9. The van der Waals surface area contributed by atoms with E-state index in [1.54, 1.807) is 0 Å². The van der Waals surface area contributed by atoms with Gasteiger partial charge in [-0.15, -0.1) is 0 Å². The highest BCUT2D eigenvalue weighted by atomic mass is 16.4. The summed E-state index contributed by atoms with van der Waals surface area (Å²) in [5.41, 5.74) is -2.60. The largest absolute Gasteiger partial charge is 0.481 e. The maximum Gasteiger partial charge on any atom is 0.336 e. The van der Waals surface area contributed by atoms with Crippen molar-refractivity contribution in [2.45, 2.75) is 131 Å². The fourth-order valence-electron chi connectivity index (χ4n) is 11.1. The van der Waals surface area contributed by atoms with Gasteiger partial charge in [0.05, 0.1) is 24.4 Å². The molecule has 0 aromatic carbocycles. The number of fused-ring (bicyclic) bond motifs is 7. The van der Waals surface area contributed by atoms with E-state index in [1.165, 1.54) is 5.57 Å². The third kappa shape index (κ3) is 5.73. The summed E-state index contributed by atoms with van der Waals surface area (Å²) in [5, 5.41) is 54.7. The number of aliphatic carboxylic acids is 4. The summed E-state index contributed by atoms with van der Waals surface area (Å²) in [6, 6.07) is 0. The summed E-state index contributed by atoms with van der Waals surface area (Å²) in [4.78, 5) is 56.9. The molecule has 264 valence electrons. The standard InChI is InChI=1S/C30H46O4.C6H8O7/c1-25(2)21-8-11-30(7)23(28(21,5)10-9-22(25)32)20(31)16-18-19-17-27(4,24(33)34)13-12-26(19,3)14-15-29(18,30)6;7-3(8)1-6(13,5(11)12)2-4(9)10/h16,19,21-23,32H,8-15,17H2,1-7H3,(H,33,34);13H,1-2H2,(H,7,8)(H,9,10)(H,11,12)/t19-,21-,22-,23+,26+,27-,28-,29+,30+;/m0./s1. The van der Waals surface area contributed by atoms with E-state index in [2.05, 4.69) is 41.5 Å². The van der Waals surface area contributed by atoms with Gasteiger partial charge in [-0.1, -0.05) is 47.1 Å². The first kappa shape index (κ1) is 37.0. The van der Waals surface area contributed by atoms with Crippen molar-refractivity contribution in [2.24, 2.45) is 50.2 Å². The molecule has 11 nitrogen and oxygen atoms in total. The molecule has 0 aromatic rings. The molecule has 0 spiro atoms. The van der Waals surface area contributed by atoms with Crippen LogP contribution in [0.2, 0.25) is 0 Å². The Hall–Kier alpha value is -2.79. The number of carboxylic acids is 4. The molecule has 4 saturated carbocycles. The van der Waals surface area contributed by atoms with Gasteiger partial charge in [-0.3, -0.25) is 19.2 Å². The Morgan fingerprint density at radius 2 is 1.36 bits per heavy atom. The SMILES string of the molecule is CC1(C)[C@@H](O)CC[C@]2(C)[C@H]3C(=O)C=C4[C@@H]5C[C@@](C)(C(=O)O)CC[C@]5(C)CC[C@@]4(C)[C@]3(C)CC[C@@H]12.O=C(O)CC(O)(CC(=O)O)C(=O)O. The maximum absolute atomic E-state index is 14.2. The monoisotopic (exact) mass is 662 g/mol. The Morgan fingerprint density at radius 1 is 0.809 bits per heavy atom. The van der Waals surface area contributed by atoms with Gasteiger partial charge in [0.1, 0.15) is 0 Å². The van der Waals surface area contributed by atoms with E-state index in [4.69, 9.17) is 20.4 Å². The number of hydrogen-bond acceptors (Lipinski definition) is 7. The van der Waals surface area contributed by atoms with Crippen molar-refractivity contribution in [1.82, 2.24) is 0 Å². The van der Waals surface area contributed by atoms with Crippen molar-refractivity contribution in [3.8, 4) is 0 Å². The Morgan fingerprint density at radius 3 is 1.87 bits per heavy atom. The van der Waals surface area contributed by atoms with Gasteiger partial charge in [0.25, 0.3) is 0 Å². The number of rotatable bonds is 6. The van der Waals surface area contributed by atoms with Crippen LogP contribution in [0.1, 0.15) is 119 Å². The van der Waals surface area contributed by atoms with Gasteiger partial charge >= 0.3 is 23.9 Å². The third-order valence-corrected chi connectivity index (χ3v) is 14.4. The zero-order valence-corrected chi connectivity index (χ0v) is 28.9. The van der Waals surface area contributed by atoms with Crippen molar-refractivity contribution >= 4 is 29.7 Å². The molecule has 0 amide bonds. The fourth-order valence-corrected chi connectivity index (χ4v) is 11.1. The van der Waals surface area contributed by atoms with Gasteiger partial charge in [-0.05, 0) is 110 Å². The molecular formula is C36H54O11. The number of carbonyl (C=O) groups is 5. The molecule has 4 fully saturated rings. The van der Waals surface area contributed by atoms with Crippen LogP contribution in [0.5, 0.6) is 0 Å². The Labute approximate surface area is 276 Å². The van der Waals surface area contributed by atoms with Crippen LogP contribution in [-0.2, 0) is 24.0 Å². The van der Waals surface area contributed by atoms with E-state index in [-0.39, 0.29) is 50.8 Å². The minimum Gasteiger partial charge on any atom is -0.481 e. The van der Waals surface area contributed by atoms with Crippen LogP contribution in [0.15, 0.2) is 11.6 Å². The van der Waals surface area contributed by atoms with Crippen molar-refractivity contribution in [3.05, 3.63) is 11.6 Å². The van der Waals surface area contributed by atoms with E-state index >= 15 is 0 Å². The summed E-state index contributed by atoms with van der Waals surface area (Å²) in [7, 11) is 0. The van der Waals surface area contributed by atoms with Crippen LogP contribution in [0, 0.1) is 50.2 Å². The average molecular weight is 663 g/mol. The Bertz CT molecular complexity index is 1370. The lowest BCUT2D eigenvalue weighted by atomic mass is 9.33. The van der Waals surface area contributed by atoms with Crippen LogP contribution in [0.3, 0.4) is 0 Å². The molecule has 0 bridgehead atoms. The number of hydrogen-bond donors (Lipinski definition) is 6. The molecule has 0 unspecified atom stereocenters. The number of allylic oxidation sites excluding steroid dienone is 2. The van der Waals surface area contributed by atoms with E-state index in [9.17, 15) is 34.2 Å². The normalized spacial score (nSPS) is 42.1. The van der Waals surface area contributed by atoms with Crippen molar-refractivity contribution in [3.63, 3.8) is 0 Å². The lowest BCUT2D eigenvalue weighted by Gasteiger charge is -2.70. The number of aliphatic hydroxyl groups is 2. The second-order valence-electron chi connectivity index (χ2n) is 17.4. The van der Waals surface area contributed by atoms with Crippen molar-refractivity contribution in [2.75, 3.05) is 0 Å². The van der Waals surface area contributed by atoms with Crippen molar-refractivity contribution in [1.29, 1.82) is 0 Å². The van der Waals surface area contributed by atoms with E-state index in [0.29, 0.717) is 12.3 Å².